The first-order valence-electron chi connectivity index (χ1n) is 14.5. The maximum atomic E-state index is 12.4. The van der Waals surface area contributed by atoms with Crippen LogP contribution >= 0.6 is 0 Å². The minimum Gasteiger partial charge on any atom is -1.00 e. The summed E-state index contributed by atoms with van der Waals surface area (Å²) in [5.41, 5.74) is 3.11. The van der Waals surface area contributed by atoms with Crippen LogP contribution in [0.3, 0.4) is 0 Å². The van der Waals surface area contributed by atoms with E-state index in [0.29, 0.717) is 6.54 Å². The van der Waals surface area contributed by atoms with Gasteiger partial charge in [0.1, 0.15) is 12.8 Å². The van der Waals surface area contributed by atoms with Crippen LogP contribution in [0.4, 0.5) is 5.69 Å². The zero-order valence-corrected chi connectivity index (χ0v) is 26.1. The number of carbonyl (C=O) groups excluding carboxylic acids is 1. The fourth-order valence-electron chi connectivity index (χ4n) is 4.80. The predicted molar refractivity (Wildman–Crippen MR) is 151 cm³/mol. The van der Waals surface area contributed by atoms with E-state index in [0.717, 1.165) is 35.6 Å². The van der Waals surface area contributed by atoms with Crippen LogP contribution in [-0.2, 0) is 18.4 Å². The first-order chi connectivity index (χ1) is 17.5. The molecule has 5 heteroatoms. The number of amides is 1. The third kappa shape index (κ3) is 14.2. The van der Waals surface area contributed by atoms with E-state index >= 15 is 0 Å². The molecule has 0 radical (unpaired) electrons. The van der Waals surface area contributed by atoms with Gasteiger partial charge in [-0.3, -0.25) is 4.79 Å². The van der Waals surface area contributed by atoms with Crippen LogP contribution in [0, 0.1) is 6.92 Å². The van der Waals surface area contributed by atoms with Gasteiger partial charge < -0.3 is 33.6 Å². The second kappa shape index (κ2) is 20.3. The summed E-state index contributed by atoms with van der Waals surface area (Å²) in [6.45, 7) is 7.28. The molecular weight excluding hydrogens is 571 g/mol. The molecule has 1 heterocycles. The molecule has 0 fully saturated rings. The van der Waals surface area contributed by atoms with Gasteiger partial charge in [0.05, 0.1) is 13.2 Å². The lowest BCUT2D eigenvalue weighted by molar-refractivity contribution is -0.671. The minimum atomic E-state index is 0. The quantitative estimate of drug-likeness (QED) is 0.122. The number of nitrogens with zero attached hydrogens (tertiary/aromatic N) is 2. The van der Waals surface area contributed by atoms with Gasteiger partial charge in [-0.05, 0) is 43.2 Å². The molecule has 37 heavy (non-hydrogen) atoms. The van der Waals surface area contributed by atoms with Crippen LogP contribution in [-0.4, -0.2) is 12.5 Å². The number of aryl methyl sites for hydroxylation is 2. The Morgan fingerprint density at radius 2 is 1.43 bits per heavy atom. The monoisotopic (exact) mass is 622 g/mol. The number of halogens is 1. The summed E-state index contributed by atoms with van der Waals surface area (Å²) in [5.74, 6) is 0.932. The number of aromatic nitrogens is 1. The molecule has 0 saturated carbocycles. The van der Waals surface area contributed by atoms with Gasteiger partial charge >= 0.3 is 0 Å². The van der Waals surface area contributed by atoms with Crippen LogP contribution < -0.4 is 38.2 Å². The Labute approximate surface area is 244 Å². The third-order valence-corrected chi connectivity index (χ3v) is 6.95. The lowest BCUT2D eigenvalue weighted by Crippen LogP contribution is -3.00. The lowest BCUT2D eigenvalue weighted by atomic mass is 10.0. The molecule has 0 bridgehead atoms. The van der Waals surface area contributed by atoms with Gasteiger partial charge in [0.2, 0.25) is 5.91 Å². The molecule has 0 atom stereocenters. The maximum Gasteiger partial charge on any atom is 0.224 e. The van der Waals surface area contributed by atoms with Crippen molar-refractivity contribution in [2.24, 2.45) is 7.05 Å². The Morgan fingerprint density at radius 1 is 0.865 bits per heavy atom. The number of hydrogen-bond donors (Lipinski definition) is 0. The van der Waals surface area contributed by atoms with Gasteiger partial charge in [-0.25, -0.2) is 4.57 Å². The van der Waals surface area contributed by atoms with Gasteiger partial charge in [-0.1, -0.05) is 90.4 Å². The van der Waals surface area contributed by atoms with Crippen molar-refractivity contribution in [2.45, 2.75) is 117 Å². The standard InChI is InChI=1S/C32H51N2O2.HI/c1-5-6-7-8-9-10-11-12-13-14-15-16-17-18-24-36-31-21-22-32(28(2)25-31)34(29(3)35)27-30-20-19-23-33(4)26-30;/h19-23,25-26H,5-18,24,27H2,1-4H3;1H/q+1;/p-1. The van der Waals surface area contributed by atoms with Crippen LogP contribution in [0.15, 0.2) is 42.7 Å². The van der Waals surface area contributed by atoms with Crippen molar-refractivity contribution in [2.75, 3.05) is 11.5 Å². The molecule has 0 saturated heterocycles. The maximum absolute atomic E-state index is 12.4. The van der Waals surface area contributed by atoms with Crippen LogP contribution in [0.25, 0.3) is 0 Å². The van der Waals surface area contributed by atoms with Crippen molar-refractivity contribution < 1.29 is 38.1 Å². The number of anilines is 1. The summed E-state index contributed by atoms with van der Waals surface area (Å²) in [6.07, 6.45) is 23.1. The van der Waals surface area contributed by atoms with E-state index in [1.165, 1.54) is 83.5 Å². The normalized spacial score (nSPS) is 10.7. The van der Waals surface area contributed by atoms with Crippen molar-refractivity contribution in [3.8, 4) is 5.75 Å². The number of rotatable bonds is 19. The predicted octanol–water partition coefficient (Wildman–Crippen LogP) is 5.24. The van der Waals surface area contributed by atoms with Crippen LogP contribution in [0.5, 0.6) is 5.75 Å². The highest BCUT2D eigenvalue weighted by Crippen LogP contribution is 2.26. The molecular formula is C32H51IN2O2. The van der Waals surface area contributed by atoms with E-state index in [4.69, 9.17) is 4.74 Å². The topological polar surface area (TPSA) is 33.4 Å². The molecule has 1 aromatic heterocycles. The second-order valence-electron chi connectivity index (χ2n) is 10.4. The lowest BCUT2D eigenvalue weighted by Gasteiger charge is -2.23. The fraction of sp³-hybridized carbons (Fsp3) is 0.625. The number of hydrogen-bond acceptors (Lipinski definition) is 2. The van der Waals surface area contributed by atoms with E-state index in [1.807, 2.05) is 40.9 Å². The second-order valence-corrected chi connectivity index (χ2v) is 10.4. The smallest absolute Gasteiger partial charge is 0.224 e. The molecule has 0 unspecified atom stereocenters. The van der Waals surface area contributed by atoms with Gasteiger partial charge in [-0.2, -0.15) is 0 Å². The van der Waals surface area contributed by atoms with Gasteiger partial charge in [-0.15, -0.1) is 0 Å². The molecule has 0 N–H and O–H groups in total. The van der Waals surface area contributed by atoms with Gasteiger partial charge in [0.25, 0.3) is 0 Å². The molecule has 1 aromatic carbocycles. The number of ether oxygens (including phenoxy) is 1. The van der Waals surface area contributed by atoms with E-state index < -0.39 is 0 Å². The molecule has 1 amide bonds. The molecule has 208 valence electrons. The first-order valence-corrected chi connectivity index (χ1v) is 14.5. The zero-order chi connectivity index (χ0) is 26.0. The van der Waals surface area contributed by atoms with Crippen molar-refractivity contribution in [1.29, 1.82) is 0 Å². The van der Waals surface area contributed by atoms with Crippen molar-refractivity contribution in [3.05, 3.63) is 53.9 Å². The molecule has 2 rings (SSSR count). The highest BCUT2D eigenvalue weighted by atomic mass is 127. The van der Waals surface area contributed by atoms with Gasteiger partial charge in [0.15, 0.2) is 12.4 Å². The molecule has 0 spiro atoms. The van der Waals surface area contributed by atoms with Crippen molar-refractivity contribution in [3.63, 3.8) is 0 Å². The van der Waals surface area contributed by atoms with Gasteiger partial charge in [0, 0.05) is 24.2 Å². The van der Waals surface area contributed by atoms with E-state index in [9.17, 15) is 4.79 Å². The van der Waals surface area contributed by atoms with Crippen molar-refractivity contribution in [1.82, 2.24) is 0 Å². The highest BCUT2D eigenvalue weighted by Gasteiger charge is 2.16. The van der Waals surface area contributed by atoms with E-state index in [1.54, 1.807) is 6.92 Å². The van der Waals surface area contributed by atoms with E-state index in [2.05, 4.69) is 32.2 Å². The number of unbranched alkanes of at least 4 members (excludes halogenated alkanes) is 13. The Kier molecular flexibility index (Phi) is 18.4. The molecule has 0 aliphatic carbocycles. The number of pyridine rings is 1. The van der Waals surface area contributed by atoms with Crippen molar-refractivity contribution >= 4 is 11.6 Å². The summed E-state index contributed by atoms with van der Waals surface area (Å²) in [4.78, 5) is 14.2. The third-order valence-electron chi connectivity index (χ3n) is 6.95. The molecule has 2 aromatic rings. The largest absolute Gasteiger partial charge is 1.00 e. The summed E-state index contributed by atoms with van der Waals surface area (Å²) < 4.78 is 8.03. The minimum absolute atomic E-state index is 0. The van der Waals surface area contributed by atoms with E-state index in [-0.39, 0.29) is 29.9 Å². The zero-order valence-electron chi connectivity index (χ0n) is 23.9. The van der Waals surface area contributed by atoms with Crippen LogP contribution in [0.1, 0.15) is 115 Å². The Hall–Kier alpha value is -1.63. The number of benzene rings is 1. The SMILES string of the molecule is CCCCCCCCCCCCCCCCOc1ccc(N(Cc2ccc[n+](C)c2)C(C)=O)c(C)c1.[I-]. The highest BCUT2D eigenvalue weighted by molar-refractivity contribution is 5.92. The summed E-state index contributed by atoms with van der Waals surface area (Å²) in [7, 11) is 2.00. The average molecular weight is 623 g/mol. The molecule has 0 aliphatic rings. The summed E-state index contributed by atoms with van der Waals surface area (Å²) in [6, 6.07) is 10.1. The summed E-state index contributed by atoms with van der Waals surface area (Å²) in [5, 5.41) is 0. The fourth-order valence-corrected chi connectivity index (χ4v) is 4.80. The first kappa shape index (κ1) is 33.4. The number of carbonyl (C=O) groups is 1. The van der Waals surface area contributed by atoms with Crippen LogP contribution in [0.2, 0.25) is 0 Å². The Balaban J connectivity index is 0.00000684. The summed E-state index contributed by atoms with van der Waals surface area (Å²) >= 11 is 0. The molecule has 4 nitrogen and oxygen atoms in total. The average Bonchev–Trinajstić information content (AvgIpc) is 2.85. The molecule has 0 aliphatic heterocycles. The Bertz CT molecular complexity index is 887. The Morgan fingerprint density at radius 3 is 1.95 bits per heavy atom.